The van der Waals surface area contributed by atoms with E-state index >= 15 is 0 Å². The molecule has 0 saturated heterocycles. The van der Waals surface area contributed by atoms with E-state index in [1.54, 1.807) is 36.8 Å². The molecule has 0 aliphatic carbocycles. The van der Waals surface area contributed by atoms with Crippen LogP contribution in [0, 0.1) is 17.5 Å². The summed E-state index contributed by atoms with van der Waals surface area (Å²) >= 11 is 0. The van der Waals surface area contributed by atoms with Crippen molar-refractivity contribution < 1.29 is 22.8 Å². The summed E-state index contributed by atoms with van der Waals surface area (Å²) in [6, 6.07) is 16.2. The maximum atomic E-state index is 14.7. The SMILES string of the molecule is O=C(Nc1cccc(F)c1)Nc1cc(F)c(F)c(C(=O)c2ccc3ncc(-c4cccnc4)cc3c2)c1. The van der Waals surface area contributed by atoms with E-state index in [1.165, 1.54) is 24.3 Å². The van der Waals surface area contributed by atoms with Crippen LogP contribution in [-0.2, 0) is 0 Å². The third-order valence-corrected chi connectivity index (χ3v) is 5.55. The Labute approximate surface area is 208 Å². The molecule has 0 unspecified atom stereocenters. The Morgan fingerprint density at radius 3 is 2.38 bits per heavy atom. The molecule has 37 heavy (non-hydrogen) atoms. The topological polar surface area (TPSA) is 84.0 Å². The summed E-state index contributed by atoms with van der Waals surface area (Å²) in [4.78, 5) is 33.9. The molecule has 182 valence electrons. The first-order valence-corrected chi connectivity index (χ1v) is 11.0. The molecule has 2 aromatic heterocycles. The Morgan fingerprint density at radius 1 is 0.757 bits per heavy atom. The summed E-state index contributed by atoms with van der Waals surface area (Å²) in [6.07, 6.45) is 5.01. The highest BCUT2D eigenvalue weighted by molar-refractivity contribution is 6.11. The number of hydrogen-bond donors (Lipinski definition) is 2. The molecule has 0 aliphatic rings. The summed E-state index contributed by atoms with van der Waals surface area (Å²) in [5.41, 5.74) is 1.77. The number of halogens is 3. The first-order chi connectivity index (χ1) is 17.9. The van der Waals surface area contributed by atoms with Crippen LogP contribution in [0.5, 0.6) is 0 Å². The molecule has 2 heterocycles. The molecule has 0 saturated carbocycles. The zero-order chi connectivity index (χ0) is 25.9. The number of nitrogens with one attached hydrogen (secondary N) is 2. The summed E-state index contributed by atoms with van der Waals surface area (Å²) in [7, 11) is 0. The standard InChI is InChI=1S/C28H17F3N4O2/c29-20-4-1-5-21(11-20)34-28(37)35-22-12-23(26(31)24(30)13-22)27(36)16-6-7-25-18(9-16)10-19(15-33-25)17-3-2-8-32-14-17/h1-15H,(H2,34,35,37). The van der Waals surface area contributed by atoms with E-state index in [4.69, 9.17) is 0 Å². The molecule has 0 bridgehead atoms. The van der Waals surface area contributed by atoms with Crippen LogP contribution in [0.1, 0.15) is 15.9 Å². The second-order valence-corrected chi connectivity index (χ2v) is 8.11. The van der Waals surface area contributed by atoms with Gasteiger partial charge in [0, 0.05) is 58.1 Å². The number of rotatable bonds is 5. The molecule has 5 rings (SSSR count). The van der Waals surface area contributed by atoms with Crippen molar-refractivity contribution >= 4 is 34.1 Å². The molecule has 0 aliphatic heterocycles. The minimum Gasteiger partial charge on any atom is -0.308 e. The van der Waals surface area contributed by atoms with Crippen LogP contribution in [0.2, 0.25) is 0 Å². The largest absolute Gasteiger partial charge is 0.323 e. The molecule has 5 aromatic rings. The van der Waals surface area contributed by atoms with Crippen LogP contribution >= 0.6 is 0 Å². The van der Waals surface area contributed by atoms with Crippen LogP contribution in [-0.4, -0.2) is 21.8 Å². The first-order valence-electron chi connectivity index (χ1n) is 11.0. The lowest BCUT2D eigenvalue weighted by Crippen LogP contribution is -2.20. The summed E-state index contributed by atoms with van der Waals surface area (Å²) in [6.45, 7) is 0. The fraction of sp³-hybridized carbons (Fsp3) is 0. The van der Waals surface area contributed by atoms with Crippen molar-refractivity contribution in [2.45, 2.75) is 0 Å². The number of fused-ring (bicyclic) bond motifs is 1. The van der Waals surface area contributed by atoms with Crippen molar-refractivity contribution in [3.05, 3.63) is 120 Å². The van der Waals surface area contributed by atoms with Crippen molar-refractivity contribution in [3.63, 3.8) is 0 Å². The highest BCUT2D eigenvalue weighted by atomic mass is 19.2. The predicted octanol–water partition coefficient (Wildman–Crippen LogP) is 6.59. The lowest BCUT2D eigenvalue weighted by Gasteiger charge is -2.11. The van der Waals surface area contributed by atoms with Gasteiger partial charge in [-0.2, -0.15) is 0 Å². The number of hydrogen-bond acceptors (Lipinski definition) is 4. The molecule has 2 N–H and O–H groups in total. The molecular formula is C28H17F3N4O2. The molecule has 0 spiro atoms. The Morgan fingerprint density at radius 2 is 1.59 bits per heavy atom. The summed E-state index contributed by atoms with van der Waals surface area (Å²) in [5, 5.41) is 5.34. The zero-order valence-electron chi connectivity index (χ0n) is 19.0. The van der Waals surface area contributed by atoms with Gasteiger partial charge >= 0.3 is 6.03 Å². The average molecular weight is 498 g/mol. The molecule has 0 radical (unpaired) electrons. The molecule has 0 atom stereocenters. The quantitative estimate of drug-likeness (QED) is 0.268. The van der Waals surface area contributed by atoms with Gasteiger partial charge in [-0.05, 0) is 54.6 Å². The molecule has 2 amide bonds. The lowest BCUT2D eigenvalue weighted by atomic mass is 9.99. The van der Waals surface area contributed by atoms with Gasteiger partial charge in [-0.25, -0.2) is 18.0 Å². The van der Waals surface area contributed by atoms with Crippen LogP contribution in [0.3, 0.4) is 0 Å². The molecule has 0 fully saturated rings. The summed E-state index contributed by atoms with van der Waals surface area (Å²) in [5.74, 6) is -3.99. The number of benzene rings is 3. The number of carbonyl (C=O) groups excluding carboxylic acids is 2. The lowest BCUT2D eigenvalue weighted by molar-refractivity contribution is 0.103. The van der Waals surface area contributed by atoms with Crippen LogP contribution in [0.25, 0.3) is 22.0 Å². The maximum Gasteiger partial charge on any atom is 0.323 e. The third-order valence-electron chi connectivity index (χ3n) is 5.55. The first kappa shape index (κ1) is 23.7. The van der Waals surface area contributed by atoms with Crippen molar-refractivity contribution in [1.29, 1.82) is 0 Å². The Kier molecular flexibility index (Phi) is 6.34. The zero-order valence-corrected chi connectivity index (χ0v) is 19.0. The number of anilines is 2. The minimum absolute atomic E-state index is 0.109. The molecular weight excluding hydrogens is 481 g/mol. The second-order valence-electron chi connectivity index (χ2n) is 8.11. The van der Waals surface area contributed by atoms with Gasteiger partial charge in [-0.3, -0.25) is 14.8 Å². The Bertz CT molecular complexity index is 1660. The van der Waals surface area contributed by atoms with Gasteiger partial charge in [0.05, 0.1) is 11.1 Å². The smallest absolute Gasteiger partial charge is 0.308 e. The van der Waals surface area contributed by atoms with E-state index in [9.17, 15) is 22.8 Å². The number of nitrogens with zero attached hydrogens (tertiary/aromatic N) is 2. The van der Waals surface area contributed by atoms with Crippen LogP contribution in [0.4, 0.5) is 29.3 Å². The summed E-state index contributed by atoms with van der Waals surface area (Å²) < 4.78 is 42.4. The fourth-order valence-corrected chi connectivity index (χ4v) is 3.81. The van der Waals surface area contributed by atoms with E-state index in [0.717, 1.165) is 29.3 Å². The van der Waals surface area contributed by atoms with Crippen molar-refractivity contribution in [1.82, 2.24) is 9.97 Å². The van der Waals surface area contributed by atoms with E-state index in [2.05, 4.69) is 20.6 Å². The van der Waals surface area contributed by atoms with Crippen LogP contribution in [0.15, 0.2) is 91.4 Å². The number of aromatic nitrogens is 2. The van der Waals surface area contributed by atoms with Crippen molar-refractivity contribution in [3.8, 4) is 11.1 Å². The Balaban J connectivity index is 1.43. The number of amides is 2. The Hall–Kier alpha value is -5.05. The van der Waals surface area contributed by atoms with Crippen LogP contribution < -0.4 is 10.6 Å². The van der Waals surface area contributed by atoms with Gasteiger partial charge in [0.2, 0.25) is 0 Å². The normalized spacial score (nSPS) is 10.8. The van der Waals surface area contributed by atoms with Gasteiger partial charge < -0.3 is 10.6 Å². The number of carbonyl (C=O) groups is 2. The van der Waals surface area contributed by atoms with E-state index in [1.807, 2.05) is 12.1 Å². The number of ketones is 1. The maximum absolute atomic E-state index is 14.7. The van der Waals surface area contributed by atoms with Crippen molar-refractivity contribution in [2.75, 3.05) is 10.6 Å². The number of urea groups is 1. The highest BCUT2D eigenvalue weighted by Crippen LogP contribution is 2.26. The van der Waals surface area contributed by atoms with E-state index in [-0.39, 0.29) is 16.9 Å². The van der Waals surface area contributed by atoms with Gasteiger partial charge in [0.1, 0.15) is 5.82 Å². The molecule has 3 aromatic carbocycles. The molecule has 6 nitrogen and oxygen atoms in total. The van der Waals surface area contributed by atoms with Gasteiger partial charge in [-0.1, -0.05) is 12.1 Å². The minimum atomic E-state index is -1.34. The third kappa shape index (κ3) is 5.15. The monoisotopic (exact) mass is 498 g/mol. The average Bonchev–Trinajstić information content (AvgIpc) is 2.90. The molecule has 9 heteroatoms. The van der Waals surface area contributed by atoms with E-state index < -0.39 is 34.8 Å². The second kappa shape index (κ2) is 9.90. The van der Waals surface area contributed by atoms with E-state index in [0.29, 0.717) is 10.9 Å². The fourth-order valence-electron chi connectivity index (χ4n) is 3.81. The van der Waals surface area contributed by atoms with Gasteiger partial charge in [-0.15, -0.1) is 0 Å². The highest BCUT2D eigenvalue weighted by Gasteiger charge is 2.20. The van der Waals surface area contributed by atoms with Crippen molar-refractivity contribution in [2.24, 2.45) is 0 Å². The predicted molar refractivity (Wildman–Crippen MR) is 134 cm³/mol. The van der Waals surface area contributed by atoms with Gasteiger partial charge in [0.15, 0.2) is 17.4 Å². The number of pyridine rings is 2. The van der Waals surface area contributed by atoms with Gasteiger partial charge in [0.25, 0.3) is 0 Å².